The van der Waals surface area contributed by atoms with Crippen LogP contribution in [0.15, 0.2) is 72.1 Å². The van der Waals surface area contributed by atoms with Crippen molar-refractivity contribution in [2.75, 3.05) is 51.8 Å². The normalized spacial score (nSPS) is 13.8. The monoisotopic (exact) mass is 638 g/mol. The van der Waals surface area contributed by atoms with Gasteiger partial charge in [0.05, 0.1) is 26.3 Å². The average molecular weight is 639 g/mol. The first-order valence-corrected chi connectivity index (χ1v) is 15.7. The first kappa shape index (κ1) is 32.3. The number of hydrogen-bond acceptors (Lipinski definition) is 7. The summed E-state index contributed by atoms with van der Waals surface area (Å²) in [6.07, 6.45) is -3.60. The van der Waals surface area contributed by atoms with E-state index < -0.39 is 11.7 Å². The summed E-state index contributed by atoms with van der Waals surface area (Å²) < 4.78 is 50.4. The SMILES string of the molecule is COc1ccc(CCN(Cc2ccc(C)cc2)Cc2nc(C(=O)N3CCN(c4cccc(C(F)(F)F)c4)CC3)cs2)cc1OC. The van der Waals surface area contributed by atoms with Crippen molar-refractivity contribution in [2.24, 2.45) is 0 Å². The van der Waals surface area contributed by atoms with E-state index in [1.54, 1.807) is 30.6 Å². The quantitative estimate of drug-likeness (QED) is 0.182. The zero-order valence-electron chi connectivity index (χ0n) is 25.6. The molecule has 238 valence electrons. The Balaban J connectivity index is 1.22. The van der Waals surface area contributed by atoms with Gasteiger partial charge in [0.15, 0.2) is 11.5 Å². The summed E-state index contributed by atoms with van der Waals surface area (Å²) in [4.78, 5) is 24.0. The van der Waals surface area contributed by atoms with Crippen molar-refractivity contribution in [1.82, 2.24) is 14.8 Å². The summed E-state index contributed by atoms with van der Waals surface area (Å²) >= 11 is 1.46. The number of carbonyl (C=O) groups excluding carboxylic acids is 1. The van der Waals surface area contributed by atoms with Crippen LogP contribution in [0.1, 0.15) is 37.7 Å². The number of aryl methyl sites for hydroxylation is 1. The number of anilines is 1. The van der Waals surface area contributed by atoms with Gasteiger partial charge in [0.1, 0.15) is 10.7 Å². The Morgan fingerprint density at radius 1 is 0.911 bits per heavy atom. The van der Waals surface area contributed by atoms with Crippen LogP contribution < -0.4 is 14.4 Å². The van der Waals surface area contributed by atoms with Gasteiger partial charge >= 0.3 is 6.18 Å². The van der Waals surface area contributed by atoms with Crippen LogP contribution in [0.25, 0.3) is 0 Å². The lowest BCUT2D eigenvalue weighted by atomic mass is 10.1. The van der Waals surface area contributed by atoms with Crippen molar-refractivity contribution < 1.29 is 27.4 Å². The van der Waals surface area contributed by atoms with E-state index in [1.165, 1.54) is 28.5 Å². The van der Waals surface area contributed by atoms with Gasteiger partial charge in [-0.25, -0.2) is 4.98 Å². The maximum absolute atomic E-state index is 13.3. The minimum Gasteiger partial charge on any atom is -0.493 e. The van der Waals surface area contributed by atoms with Crippen LogP contribution >= 0.6 is 11.3 Å². The molecule has 0 unspecified atom stereocenters. The molecule has 7 nitrogen and oxygen atoms in total. The zero-order valence-corrected chi connectivity index (χ0v) is 26.5. The van der Waals surface area contributed by atoms with E-state index in [9.17, 15) is 18.0 Å². The first-order valence-electron chi connectivity index (χ1n) is 14.8. The third-order valence-electron chi connectivity index (χ3n) is 7.93. The number of benzene rings is 3. The van der Waals surface area contributed by atoms with Gasteiger partial charge in [-0.05, 0) is 54.8 Å². The summed E-state index contributed by atoms with van der Waals surface area (Å²) in [5.74, 6) is 1.23. The number of hydrogen-bond donors (Lipinski definition) is 0. The van der Waals surface area contributed by atoms with Crippen molar-refractivity contribution in [3.8, 4) is 11.5 Å². The van der Waals surface area contributed by atoms with Crippen LogP contribution in [0.5, 0.6) is 11.5 Å². The molecule has 0 saturated carbocycles. The van der Waals surface area contributed by atoms with E-state index in [4.69, 9.17) is 14.5 Å². The Morgan fingerprint density at radius 2 is 1.62 bits per heavy atom. The predicted molar refractivity (Wildman–Crippen MR) is 170 cm³/mol. The van der Waals surface area contributed by atoms with E-state index in [0.717, 1.165) is 42.2 Å². The third kappa shape index (κ3) is 8.34. The highest BCUT2D eigenvalue weighted by molar-refractivity contribution is 7.09. The second-order valence-electron chi connectivity index (χ2n) is 11.1. The number of halogens is 3. The number of carbonyl (C=O) groups is 1. The molecular weight excluding hydrogens is 601 g/mol. The standard InChI is InChI=1S/C34H37F3N4O3S/c1-24-7-9-26(10-8-24)21-39(14-13-25-11-12-30(43-2)31(19-25)44-3)22-32-38-29(23-45-32)33(42)41-17-15-40(16-18-41)28-6-4-5-27(20-28)34(35,36)37/h4-12,19-20,23H,13-18,21-22H2,1-3H3. The fraction of sp³-hybridized carbons (Fsp3) is 0.353. The number of alkyl halides is 3. The zero-order chi connectivity index (χ0) is 32.0. The molecule has 1 saturated heterocycles. The molecule has 0 radical (unpaired) electrons. The molecule has 1 fully saturated rings. The number of amides is 1. The molecule has 2 heterocycles. The van der Waals surface area contributed by atoms with E-state index in [0.29, 0.717) is 55.6 Å². The molecule has 45 heavy (non-hydrogen) atoms. The summed E-state index contributed by atoms with van der Waals surface area (Å²) in [7, 11) is 3.25. The number of aromatic nitrogens is 1. The number of thiazole rings is 1. The van der Waals surface area contributed by atoms with Crippen molar-refractivity contribution in [1.29, 1.82) is 0 Å². The predicted octanol–water partition coefficient (Wildman–Crippen LogP) is 6.69. The van der Waals surface area contributed by atoms with Gasteiger partial charge in [-0.3, -0.25) is 9.69 Å². The number of rotatable bonds is 11. The lowest BCUT2D eigenvalue weighted by Crippen LogP contribution is -2.49. The molecule has 1 aliphatic heterocycles. The molecule has 0 aliphatic carbocycles. The Kier molecular flexibility index (Phi) is 10.3. The Morgan fingerprint density at radius 3 is 2.31 bits per heavy atom. The molecule has 5 rings (SSSR count). The molecule has 4 aromatic rings. The van der Waals surface area contributed by atoms with E-state index in [2.05, 4.69) is 36.1 Å². The topological polar surface area (TPSA) is 58.1 Å². The Bertz CT molecular complexity index is 1580. The molecular formula is C34H37F3N4O3S. The van der Waals surface area contributed by atoms with Gasteiger partial charge in [0, 0.05) is 50.3 Å². The Hall–Kier alpha value is -4.09. The van der Waals surface area contributed by atoms with E-state index in [-0.39, 0.29) is 5.91 Å². The van der Waals surface area contributed by atoms with Gasteiger partial charge in [-0.2, -0.15) is 13.2 Å². The third-order valence-corrected chi connectivity index (χ3v) is 8.76. The van der Waals surface area contributed by atoms with E-state index in [1.807, 2.05) is 23.1 Å². The van der Waals surface area contributed by atoms with Crippen molar-refractivity contribution in [3.05, 3.63) is 105 Å². The van der Waals surface area contributed by atoms with Crippen molar-refractivity contribution in [3.63, 3.8) is 0 Å². The van der Waals surface area contributed by atoms with Crippen LogP contribution in [0, 0.1) is 6.92 Å². The minimum atomic E-state index is -4.39. The van der Waals surface area contributed by atoms with Gasteiger partial charge in [-0.1, -0.05) is 42.0 Å². The highest BCUT2D eigenvalue weighted by Crippen LogP contribution is 2.32. The summed E-state index contributed by atoms with van der Waals surface area (Å²) in [6.45, 7) is 5.87. The molecule has 1 aromatic heterocycles. The average Bonchev–Trinajstić information content (AvgIpc) is 3.52. The number of nitrogens with zero attached hydrogens (tertiary/aromatic N) is 4. The smallest absolute Gasteiger partial charge is 0.416 e. The highest BCUT2D eigenvalue weighted by atomic mass is 32.1. The molecule has 3 aromatic carbocycles. The van der Waals surface area contributed by atoms with Crippen molar-refractivity contribution >= 4 is 22.9 Å². The molecule has 11 heteroatoms. The number of piperazine rings is 1. The first-order chi connectivity index (χ1) is 21.6. The molecule has 0 atom stereocenters. The molecule has 0 spiro atoms. The van der Waals surface area contributed by atoms with Gasteiger partial charge in [0.25, 0.3) is 5.91 Å². The summed E-state index contributed by atoms with van der Waals surface area (Å²) in [6, 6.07) is 19.8. The maximum atomic E-state index is 13.3. The summed E-state index contributed by atoms with van der Waals surface area (Å²) in [5, 5.41) is 2.65. The second kappa shape index (κ2) is 14.3. The lowest BCUT2D eigenvalue weighted by Gasteiger charge is -2.36. The Labute approximate surface area is 265 Å². The molecule has 1 aliphatic rings. The number of ether oxygens (including phenoxy) is 2. The second-order valence-corrected chi connectivity index (χ2v) is 12.0. The largest absolute Gasteiger partial charge is 0.493 e. The fourth-order valence-corrected chi connectivity index (χ4v) is 6.18. The fourth-order valence-electron chi connectivity index (χ4n) is 5.37. The minimum absolute atomic E-state index is 0.156. The summed E-state index contributed by atoms with van der Waals surface area (Å²) in [5.41, 5.74) is 3.76. The van der Waals surface area contributed by atoms with Gasteiger partial charge < -0.3 is 19.3 Å². The van der Waals surface area contributed by atoms with Crippen LogP contribution in [-0.4, -0.2) is 67.6 Å². The van der Waals surface area contributed by atoms with Gasteiger partial charge in [0.2, 0.25) is 0 Å². The van der Waals surface area contributed by atoms with Crippen LogP contribution in [0.2, 0.25) is 0 Å². The van der Waals surface area contributed by atoms with Crippen molar-refractivity contribution in [2.45, 2.75) is 32.6 Å². The lowest BCUT2D eigenvalue weighted by molar-refractivity contribution is -0.137. The molecule has 0 bridgehead atoms. The van der Waals surface area contributed by atoms with E-state index >= 15 is 0 Å². The van der Waals surface area contributed by atoms with Crippen LogP contribution in [-0.2, 0) is 25.7 Å². The molecule has 1 amide bonds. The maximum Gasteiger partial charge on any atom is 0.416 e. The molecule has 0 N–H and O–H groups in total. The number of methoxy groups -OCH3 is 2. The highest BCUT2D eigenvalue weighted by Gasteiger charge is 2.31. The van der Waals surface area contributed by atoms with Crippen LogP contribution in [0.3, 0.4) is 0 Å². The van der Waals surface area contributed by atoms with Crippen LogP contribution in [0.4, 0.5) is 18.9 Å². The van der Waals surface area contributed by atoms with Gasteiger partial charge in [-0.15, -0.1) is 11.3 Å².